The molecule has 0 radical (unpaired) electrons. The Morgan fingerprint density at radius 2 is 1.47 bits per heavy atom. The summed E-state index contributed by atoms with van der Waals surface area (Å²) < 4.78 is 14.9. The molecule has 0 atom stereocenters. The van der Waals surface area contributed by atoms with Crippen molar-refractivity contribution < 1.29 is 9.31 Å². The Balaban J connectivity index is 1.73. The van der Waals surface area contributed by atoms with Crippen LogP contribution in [0.25, 0.3) is 27.6 Å². The molecule has 3 heterocycles. The van der Waals surface area contributed by atoms with Gasteiger partial charge in [0, 0.05) is 17.0 Å². The molecule has 2 aromatic heterocycles. The topological polar surface area (TPSA) is 36.3 Å². The summed E-state index contributed by atoms with van der Waals surface area (Å²) in [5, 5.41) is 2.41. The van der Waals surface area contributed by atoms with E-state index in [1.807, 2.05) is 6.20 Å². The van der Waals surface area contributed by atoms with Crippen molar-refractivity contribution in [2.45, 2.75) is 65.1 Å². The van der Waals surface area contributed by atoms with Gasteiger partial charge in [0.05, 0.1) is 22.2 Å². The third kappa shape index (κ3) is 3.26. The molecule has 0 unspecified atom stereocenters. The summed E-state index contributed by atoms with van der Waals surface area (Å²) in [5.74, 6) is 0.926. The van der Waals surface area contributed by atoms with Crippen LogP contribution in [0.5, 0.6) is 0 Å². The van der Waals surface area contributed by atoms with Crippen molar-refractivity contribution in [1.29, 1.82) is 0 Å². The predicted molar refractivity (Wildman–Crippen MR) is 133 cm³/mol. The second-order valence-corrected chi connectivity index (χ2v) is 10.9. The van der Waals surface area contributed by atoms with Crippen molar-refractivity contribution in [1.82, 2.24) is 9.55 Å². The monoisotopic (exact) mass is 426 g/mol. The third-order valence-electron chi connectivity index (χ3n) is 7.06. The van der Waals surface area contributed by atoms with E-state index in [-0.39, 0.29) is 16.6 Å². The number of hydrogen-bond acceptors (Lipinski definition) is 3. The van der Waals surface area contributed by atoms with E-state index in [1.165, 1.54) is 16.3 Å². The number of rotatable bonds is 2. The van der Waals surface area contributed by atoms with Gasteiger partial charge in [-0.25, -0.2) is 4.98 Å². The molecule has 0 spiro atoms. The fourth-order valence-electron chi connectivity index (χ4n) is 4.37. The molecule has 5 rings (SSSR count). The summed E-state index contributed by atoms with van der Waals surface area (Å²) in [6.45, 7) is 15.0. The van der Waals surface area contributed by atoms with Gasteiger partial charge in [-0.05, 0) is 68.4 Å². The Kier molecular flexibility index (Phi) is 4.60. The van der Waals surface area contributed by atoms with E-state index in [0.29, 0.717) is 0 Å². The Bertz CT molecular complexity index is 1310. The summed E-state index contributed by atoms with van der Waals surface area (Å²) in [4.78, 5) is 4.77. The van der Waals surface area contributed by atoms with Crippen molar-refractivity contribution in [2.75, 3.05) is 0 Å². The van der Waals surface area contributed by atoms with Crippen LogP contribution < -0.4 is 5.46 Å². The highest BCUT2D eigenvalue weighted by atomic mass is 16.7. The van der Waals surface area contributed by atoms with Crippen molar-refractivity contribution in [3.8, 4) is 5.82 Å². The Labute approximate surface area is 190 Å². The highest BCUT2D eigenvalue weighted by Gasteiger charge is 2.51. The van der Waals surface area contributed by atoms with Gasteiger partial charge in [0.25, 0.3) is 0 Å². The van der Waals surface area contributed by atoms with Crippen LogP contribution in [0.3, 0.4) is 0 Å². The van der Waals surface area contributed by atoms with Gasteiger partial charge in [-0.2, -0.15) is 0 Å². The maximum atomic E-state index is 6.34. The molecule has 1 aliphatic heterocycles. The first-order valence-electron chi connectivity index (χ1n) is 11.3. The first-order chi connectivity index (χ1) is 15.0. The van der Waals surface area contributed by atoms with E-state index in [9.17, 15) is 0 Å². The van der Waals surface area contributed by atoms with Gasteiger partial charge < -0.3 is 9.31 Å². The van der Waals surface area contributed by atoms with Crippen molar-refractivity contribution in [2.24, 2.45) is 0 Å². The quantitative estimate of drug-likeness (QED) is 0.382. The molecule has 1 saturated heterocycles. The number of aromatic nitrogens is 2. The summed E-state index contributed by atoms with van der Waals surface area (Å²) in [6, 6.07) is 19.3. The zero-order valence-electron chi connectivity index (χ0n) is 20.1. The van der Waals surface area contributed by atoms with Crippen LogP contribution in [-0.4, -0.2) is 27.9 Å². The molecule has 0 N–H and O–H groups in total. The van der Waals surface area contributed by atoms with Gasteiger partial charge in [0.1, 0.15) is 5.82 Å². The van der Waals surface area contributed by atoms with Crippen molar-refractivity contribution in [3.05, 3.63) is 66.4 Å². The summed E-state index contributed by atoms with van der Waals surface area (Å²) in [6.07, 6.45) is 1.91. The standard InChI is InChI=1S/C27H31BN2O2/c1-25(2,3)18-14-15-29-24(16-18)30-22-11-9-8-10-20(22)21-13-12-19(17-23(21)30)28-31-26(4,5)27(6,7)32-28/h8-17H,1-7H3. The predicted octanol–water partition coefficient (Wildman–Crippen LogP) is 5.78. The van der Waals surface area contributed by atoms with Crippen molar-refractivity contribution >= 4 is 34.4 Å². The molecule has 0 aliphatic carbocycles. The molecule has 1 aliphatic rings. The normalized spacial score (nSPS) is 18.0. The summed E-state index contributed by atoms with van der Waals surface area (Å²) >= 11 is 0. The van der Waals surface area contributed by atoms with Gasteiger partial charge in [0.2, 0.25) is 0 Å². The number of nitrogens with zero attached hydrogens (tertiary/aromatic N) is 2. The molecule has 0 bridgehead atoms. The van der Waals surface area contributed by atoms with E-state index in [0.717, 1.165) is 22.3 Å². The lowest BCUT2D eigenvalue weighted by atomic mass is 9.79. The third-order valence-corrected chi connectivity index (χ3v) is 7.06. The number of fused-ring (bicyclic) bond motifs is 3. The van der Waals surface area contributed by atoms with Crippen LogP contribution in [0, 0.1) is 0 Å². The SMILES string of the molecule is CC(C)(C)c1ccnc(-n2c3ccccc3c3ccc(B4OC(C)(C)C(C)(C)O4)cc32)c1. The molecular weight excluding hydrogens is 395 g/mol. The minimum absolute atomic E-state index is 0.0459. The lowest BCUT2D eigenvalue weighted by Gasteiger charge is -2.32. The van der Waals surface area contributed by atoms with Crippen LogP contribution in [0.4, 0.5) is 0 Å². The number of benzene rings is 2. The fourth-order valence-corrected chi connectivity index (χ4v) is 4.37. The first-order valence-corrected chi connectivity index (χ1v) is 11.3. The highest BCUT2D eigenvalue weighted by molar-refractivity contribution is 6.62. The van der Waals surface area contributed by atoms with Gasteiger partial charge in [-0.15, -0.1) is 0 Å². The van der Waals surface area contributed by atoms with Gasteiger partial charge in [-0.1, -0.05) is 51.1 Å². The zero-order chi connectivity index (χ0) is 22.9. The molecule has 5 heteroatoms. The molecule has 2 aromatic carbocycles. The van der Waals surface area contributed by atoms with Crippen LogP contribution in [0.2, 0.25) is 0 Å². The maximum absolute atomic E-state index is 6.34. The minimum atomic E-state index is -0.398. The Morgan fingerprint density at radius 1 is 0.812 bits per heavy atom. The van der Waals surface area contributed by atoms with Gasteiger partial charge in [0.15, 0.2) is 0 Å². The second kappa shape index (κ2) is 6.93. The Morgan fingerprint density at radius 3 is 2.16 bits per heavy atom. The molecule has 4 nitrogen and oxygen atoms in total. The van der Waals surface area contributed by atoms with E-state index < -0.39 is 7.12 Å². The average molecular weight is 426 g/mol. The minimum Gasteiger partial charge on any atom is -0.399 e. The maximum Gasteiger partial charge on any atom is 0.494 e. The first kappa shape index (κ1) is 21.2. The number of para-hydroxylation sites is 1. The molecule has 0 saturated carbocycles. The number of hydrogen-bond donors (Lipinski definition) is 0. The van der Waals surface area contributed by atoms with Crippen LogP contribution in [0.1, 0.15) is 54.0 Å². The second-order valence-electron chi connectivity index (χ2n) is 10.9. The molecular formula is C27H31BN2O2. The van der Waals surface area contributed by atoms with Gasteiger partial charge in [-0.3, -0.25) is 4.57 Å². The molecule has 32 heavy (non-hydrogen) atoms. The average Bonchev–Trinajstić information content (AvgIpc) is 3.17. The lowest BCUT2D eigenvalue weighted by molar-refractivity contribution is 0.00578. The highest BCUT2D eigenvalue weighted by Crippen LogP contribution is 2.37. The largest absolute Gasteiger partial charge is 0.494 e. The summed E-state index contributed by atoms with van der Waals surface area (Å²) in [5.41, 5.74) is 3.83. The van der Waals surface area contributed by atoms with E-state index in [1.54, 1.807) is 0 Å². The lowest BCUT2D eigenvalue weighted by Crippen LogP contribution is -2.41. The van der Waals surface area contributed by atoms with Gasteiger partial charge >= 0.3 is 7.12 Å². The molecule has 164 valence electrons. The molecule has 4 aromatic rings. The van der Waals surface area contributed by atoms with E-state index >= 15 is 0 Å². The Hall–Kier alpha value is -2.63. The summed E-state index contributed by atoms with van der Waals surface area (Å²) in [7, 11) is -0.398. The van der Waals surface area contributed by atoms with Crippen LogP contribution in [-0.2, 0) is 14.7 Å². The molecule has 0 amide bonds. The smallest absolute Gasteiger partial charge is 0.399 e. The number of pyridine rings is 1. The van der Waals surface area contributed by atoms with Crippen LogP contribution >= 0.6 is 0 Å². The fraction of sp³-hybridized carbons (Fsp3) is 0.370. The molecule has 1 fully saturated rings. The zero-order valence-corrected chi connectivity index (χ0v) is 20.1. The van der Waals surface area contributed by atoms with Crippen molar-refractivity contribution in [3.63, 3.8) is 0 Å². The van der Waals surface area contributed by atoms with E-state index in [4.69, 9.17) is 14.3 Å². The van der Waals surface area contributed by atoms with E-state index in [2.05, 4.69) is 108 Å². The van der Waals surface area contributed by atoms with Crippen LogP contribution in [0.15, 0.2) is 60.8 Å².